The van der Waals surface area contributed by atoms with Crippen LogP contribution < -0.4 is 5.73 Å². The van der Waals surface area contributed by atoms with Gasteiger partial charge in [-0.2, -0.15) is 0 Å². The molecule has 166 valence electrons. The summed E-state index contributed by atoms with van der Waals surface area (Å²) in [6.07, 6.45) is 0.981. The van der Waals surface area contributed by atoms with Gasteiger partial charge in [0.1, 0.15) is 12.2 Å². The molecule has 0 aromatic heterocycles. The third-order valence-electron chi connectivity index (χ3n) is 3.21. The molecule has 0 amide bonds. The third kappa shape index (κ3) is 18.3. The van der Waals surface area contributed by atoms with Gasteiger partial charge in [0.2, 0.25) is 0 Å². The molecule has 0 aromatic rings. The molecular weight excluding hydrogens is 366 g/mol. The summed E-state index contributed by atoms with van der Waals surface area (Å²) in [4.78, 5) is 23.3. The number of hydrogen-bond donors (Lipinski definition) is 1. The summed E-state index contributed by atoms with van der Waals surface area (Å²) >= 11 is 0. The molecule has 0 saturated heterocycles. The Hall–Kier alpha value is -1.06. The average Bonchev–Trinajstić information content (AvgIpc) is 2.54. The lowest BCUT2D eigenvalue weighted by Crippen LogP contribution is -2.38. The van der Waals surface area contributed by atoms with E-state index in [2.05, 4.69) is 0 Å². The SMILES string of the molecule is CC(C)(C)OC[C@@H](N)C(=O)CCCOCCOCCOCC(=O)OC(C)(C)C. The Kier molecular flexibility index (Phi) is 13.5. The molecule has 0 aliphatic heterocycles. The molecule has 0 rings (SSSR count). The van der Waals surface area contributed by atoms with Crippen LogP contribution in [0.25, 0.3) is 0 Å². The van der Waals surface area contributed by atoms with Crippen molar-refractivity contribution < 1.29 is 33.3 Å². The van der Waals surface area contributed by atoms with E-state index < -0.39 is 17.6 Å². The first-order valence-electron chi connectivity index (χ1n) is 9.78. The second-order valence-corrected chi connectivity index (χ2v) is 8.46. The first-order chi connectivity index (χ1) is 12.9. The number of ether oxygens (including phenoxy) is 5. The van der Waals surface area contributed by atoms with Gasteiger partial charge in [-0.15, -0.1) is 0 Å². The maximum atomic E-state index is 11.9. The zero-order chi connectivity index (χ0) is 21.6. The molecule has 0 aromatic carbocycles. The molecule has 0 unspecified atom stereocenters. The summed E-state index contributed by atoms with van der Waals surface area (Å²) in [7, 11) is 0. The molecule has 0 heterocycles. The van der Waals surface area contributed by atoms with E-state index in [0.717, 1.165) is 0 Å². The first kappa shape index (κ1) is 26.9. The zero-order valence-electron chi connectivity index (χ0n) is 18.4. The van der Waals surface area contributed by atoms with Crippen LogP contribution >= 0.6 is 0 Å². The number of hydrogen-bond acceptors (Lipinski definition) is 8. The van der Waals surface area contributed by atoms with Crippen LogP contribution in [0.2, 0.25) is 0 Å². The standard InChI is InChI=1S/C20H39NO7/c1-19(2,3)27-14-16(21)17(22)8-7-9-24-10-11-25-12-13-26-15-18(23)28-20(4,5)6/h16H,7-15,21H2,1-6H3/t16-/m1/s1. The topological polar surface area (TPSA) is 106 Å². The summed E-state index contributed by atoms with van der Waals surface area (Å²) < 4.78 is 26.6. The van der Waals surface area contributed by atoms with Gasteiger partial charge in [-0.3, -0.25) is 4.79 Å². The zero-order valence-corrected chi connectivity index (χ0v) is 18.4. The van der Waals surface area contributed by atoms with Crippen LogP contribution in [-0.2, 0) is 33.3 Å². The van der Waals surface area contributed by atoms with E-state index >= 15 is 0 Å². The van der Waals surface area contributed by atoms with Gasteiger partial charge >= 0.3 is 5.97 Å². The highest BCUT2D eigenvalue weighted by Gasteiger charge is 2.18. The molecule has 28 heavy (non-hydrogen) atoms. The molecule has 8 heteroatoms. The Balaban J connectivity index is 3.46. The summed E-state index contributed by atoms with van der Waals surface area (Å²) in [5.74, 6) is -0.415. The summed E-state index contributed by atoms with van der Waals surface area (Å²) in [5, 5.41) is 0. The monoisotopic (exact) mass is 405 g/mol. The van der Waals surface area contributed by atoms with Gasteiger partial charge in [0.25, 0.3) is 0 Å². The predicted molar refractivity (Wildman–Crippen MR) is 106 cm³/mol. The van der Waals surface area contributed by atoms with Crippen molar-refractivity contribution in [1.82, 2.24) is 0 Å². The van der Waals surface area contributed by atoms with Gasteiger partial charge < -0.3 is 29.4 Å². The quantitative estimate of drug-likeness (QED) is 0.325. The number of ketones is 1. The molecule has 0 fully saturated rings. The number of Topliss-reactive ketones (excluding diaryl/α,β-unsaturated/α-hetero) is 1. The van der Waals surface area contributed by atoms with E-state index in [4.69, 9.17) is 29.4 Å². The van der Waals surface area contributed by atoms with Gasteiger partial charge in [-0.1, -0.05) is 0 Å². The van der Waals surface area contributed by atoms with Crippen molar-refractivity contribution >= 4 is 11.8 Å². The van der Waals surface area contributed by atoms with E-state index in [1.807, 2.05) is 20.8 Å². The van der Waals surface area contributed by atoms with Crippen LogP contribution in [0.15, 0.2) is 0 Å². The molecule has 0 bridgehead atoms. The van der Waals surface area contributed by atoms with Crippen LogP contribution in [0.5, 0.6) is 0 Å². The fourth-order valence-corrected chi connectivity index (χ4v) is 1.93. The average molecular weight is 406 g/mol. The van der Waals surface area contributed by atoms with Crippen LogP contribution in [0.1, 0.15) is 54.4 Å². The molecule has 8 nitrogen and oxygen atoms in total. The van der Waals surface area contributed by atoms with Crippen molar-refractivity contribution in [2.24, 2.45) is 5.73 Å². The third-order valence-corrected chi connectivity index (χ3v) is 3.21. The van der Waals surface area contributed by atoms with Crippen molar-refractivity contribution in [3.63, 3.8) is 0 Å². The maximum absolute atomic E-state index is 11.9. The molecular formula is C20H39NO7. The molecule has 0 saturated carbocycles. The lowest BCUT2D eigenvalue weighted by atomic mass is 10.1. The largest absolute Gasteiger partial charge is 0.458 e. The molecule has 2 N–H and O–H groups in total. The lowest BCUT2D eigenvalue weighted by molar-refractivity contribution is -0.160. The first-order valence-corrected chi connectivity index (χ1v) is 9.78. The Morgan fingerprint density at radius 3 is 1.89 bits per heavy atom. The van der Waals surface area contributed by atoms with Crippen LogP contribution in [0, 0.1) is 0 Å². The highest BCUT2D eigenvalue weighted by atomic mass is 16.6. The predicted octanol–water partition coefficient (Wildman–Crippen LogP) is 1.87. The Morgan fingerprint density at radius 2 is 1.36 bits per heavy atom. The van der Waals surface area contributed by atoms with Crippen LogP contribution in [-0.4, -0.2) is 75.2 Å². The van der Waals surface area contributed by atoms with E-state index in [1.54, 1.807) is 20.8 Å². The minimum absolute atomic E-state index is 0.0220. The van der Waals surface area contributed by atoms with Crippen molar-refractivity contribution in [3.8, 4) is 0 Å². The summed E-state index contributed by atoms with van der Waals surface area (Å²) in [5.41, 5.74) is 5.00. The number of esters is 1. The minimum Gasteiger partial charge on any atom is -0.458 e. The van der Waals surface area contributed by atoms with Gasteiger partial charge in [-0.25, -0.2) is 4.79 Å². The van der Waals surface area contributed by atoms with Crippen LogP contribution in [0.4, 0.5) is 0 Å². The molecule has 1 atom stereocenters. The van der Waals surface area contributed by atoms with Crippen molar-refractivity contribution in [2.75, 3.05) is 46.2 Å². The summed E-state index contributed by atoms with van der Waals surface area (Å²) in [6.45, 7) is 13.3. The maximum Gasteiger partial charge on any atom is 0.332 e. The summed E-state index contributed by atoms with van der Waals surface area (Å²) in [6, 6.07) is -0.594. The number of nitrogens with two attached hydrogens (primary N) is 1. The highest BCUT2D eigenvalue weighted by Crippen LogP contribution is 2.08. The van der Waals surface area contributed by atoms with E-state index in [1.165, 1.54) is 0 Å². The fourth-order valence-electron chi connectivity index (χ4n) is 1.93. The van der Waals surface area contributed by atoms with Gasteiger partial charge in [0.05, 0.1) is 44.7 Å². The Labute approximate surface area is 169 Å². The molecule has 0 spiro atoms. The van der Waals surface area contributed by atoms with Crippen molar-refractivity contribution in [3.05, 3.63) is 0 Å². The van der Waals surface area contributed by atoms with Gasteiger partial charge in [0, 0.05) is 13.0 Å². The molecule has 0 aliphatic rings. The second-order valence-electron chi connectivity index (χ2n) is 8.46. The van der Waals surface area contributed by atoms with Gasteiger partial charge in [-0.05, 0) is 48.0 Å². The minimum atomic E-state index is -0.594. The van der Waals surface area contributed by atoms with E-state index in [-0.39, 0.29) is 24.6 Å². The lowest BCUT2D eigenvalue weighted by Gasteiger charge is -2.21. The van der Waals surface area contributed by atoms with Crippen LogP contribution in [0.3, 0.4) is 0 Å². The Morgan fingerprint density at radius 1 is 0.821 bits per heavy atom. The van der Waals surface area contributed by atoms with E-state index in [9.17, 15) is 9.59 Å². The number of carbonyl (C=O) groups is 2. The fraction of sp³-hybridized carbons (Fsp3) is 0.900. The van der Waals surface area contributed by atoms with Gasteiger partial charge in [0.15, 0.2) is 5.78 Å². The van der Waals surface area contributed by atoms with Crippen molar-refractivity contribution in [1.29, 1.82) is 0 Å². The molecule has 0 radical (unpaired) electrons. The second kappa shape index (κ2) is 14.0. The van der Waals surface area contributed by atoms with Crippen molar-refractivity contribution in [2.45, 2.75) is 71.6 Å². The smallest absolute Gasteiger partial charge is 0.332 e. The van der Waals surface area contributed by atoms with E-state index in [0.29, 0.717) is 45.9 Å². The Bertz CT molecular complexity index is 441. The number of rotatable bonds is 15. The number of carbonyl (C=O) groups excluding carboxylic acids is 2. The highest BCUT2D eigenvalue weighted by molar-refractivity contribution is 5.83. The molecule has 0 aliphatic carbocycles. The normalized spacial score (nSPS) is 13.4.